The number of anilines is 1. The average molecular weight is 240 g/mol. The molecule has 0 aliphatic rings. The summed E-state index contributed by atoms with van der Waals surface area (Å²) in [7, 11) is 0. The second-order valence-electron chi connectivity index (χ2n) is 4.18. The van der Waals surface area contributed by atoms with Crippen LogP contribution in [0.25, 0.3) is 0 Å². The van der Waals surface area contributed by atoms with Gasteiger partial charge in [-0.1, -0.05) is 18.2 Å². The highest BCUT2D eigenvalue weighted by atomic mass is 16.3. The lowest BCUT2D eigenvalue weighted by molar-refractivity contribution is 0.478. The van der Waals surface area contributed by atoms with E-state index in [0.29, 0.717) is 19.5 Å². The van der Waals surface area contributed by atoms with Crippen LogP contribution in [0.3, 0.4) is 0 Å². The fraction of sp³-hybridized carbons (Fsp3) is 0.267. The molecule has 0 bridgehead atoms. The van der Waals surface area contributed by atoms with Gasteiger partial charge in [0.05, 0.1) is 19.0 Å². The van der Waals surface area contributed by atoms with Crippen molar-refractivity contribution < 1.29 is 4.42 Å². The monoisotopic (exact) mass is 240 g/mol. The third-order valence-electron chi connectivity index (χ3n) is 2.76. The number of hydrogen-bond acceptors (Lipinski definition) is 3. The first-order valence-corrected chi connectivity index (χ1v) is 6.02. The zero-order valence-electron chi connectivity index (χ0n) is 10.5. The molecule has 92 valence electrons. The average Bonchev–Trinajstić information content (AvgIpc) is 2.81. The van der Waals surface area contributed by atoms with Gasteiger partial charge in [-0.15, -0.1) is 0 Å². The summed E-state index contributed by atoms with van der Waals surface area (Å²) in [4.78, 5) is 2.15. The van der Waals surface area contributed by atoms with Crippen LogP contribution in [0.4, 0.5) is 5.69 Å². The van der Waals surface area contributed by atoms with Gasteiger partial charge >= 0.3 is 0 Å². The predicted molar refractivity (Wildman–Crippen MR) is 71.2 cm³/mol. The van der Waals surface area contributed by atoms with Gasteiger partial charge in [-0.25, -0.2) is 0 Å². The minimum absolute atomic E-state index is 0.509. The fourth-order valence-corrected chi connectivity index (χ4v) is 1.88. The molecule has 3 heteroatoms. The molecule has 0 spiro atoms. The van der Waals surface area contributed by atoms with Gasteiger partial charge in [-0.3, -0.25) is 0 Å². The molecule has 2 rings (SSSR count). The number of rotatable bonds is 5. The summed E-state index contributed by atoms with van der Waals surface area (Å²) >= 11 is 0. The van der Waals surface area contributed by atoms with Gasteiger partial charge in [0.2, 0.25) is 0 Å². The smallest absolute Gasteiger partial charge is 0.123 e. The summed E-state index contributed by atoms with van der Waals surface area (Å²) in [6, 6.07) is 16.2. The van der Waals surface area contributed by atoms with Crippen molar-refractivity contribution in [1.29, 1.82) is 5.26 Å². The maximum Gasteiger partial charge on any atom is 0.123 e. The van der Waals surface area contributed by atoms with E-state index in [4.69, 9.17) is 9.68 Å². The Morgan fingerprint density at radius 3 is 2.56 bits per heavy atom. The highest BCUT2D eigenvalue weighted by Crippen LogP contribution is 2.18. The van der Waals surface area contributed by atoms with E-state index in [0.717, 1.165) is 17.2 Å². The number of nitriles is 1. The number of furan rings is 1. The molecule has 0 atom stereocenters. The summed E-state index contributed by atoms with van der Waals surface area (Å²) in [6.07, 6.45) is 0.509. The lowest BCUT2D eigenvalue weighted by Crippen LogP contribution is -2.23. The van der Waals surface area contributed by atoms with E-state index in [1.807, 2.05) is 49.4 Å². The standard InChI is InChI=1S/C15H16N2O/c1-13-8-9-15(18-13)12-17(11-5-10-16)14-6-3-2-4-7-14/h2-4,6-9H,5,11-12H2,1H3. The van der Waals surface area contributed by atoms with Crippen molar-refractivity contribution in [3.63, 3.8) is 0 Å². The van der Waals surface area contributed by atoms with Crippen LogP contribution in [0, 0.1) is 18.3 Å². The van der Waals surface area contributed by atoms with Crippen molar-refractivity contribution in [2.45, 2.75) is 19.9 Å². The minimum Gasteiger partial charge on any atom is -0.464 e. The first kappa shape index (κ1) is 12.3. The number of aryl methyl sites for hydroxylation is 1. The number of benzene rings is 1. The Bertz CT molecular complexity index is 525. The van der Waals surface area contributed by atoms with Crippen LogP contribution >= 0.6 is 0 Å². The SMILES string of the molecule is Cc1ccc(CN(CCC#N)c2ccccc2)o1. The molecule has 0 aliphatic carbocycles. The molecule has 0 N–H and O–H groups in total. The molecule has 3 nitrogen and oxygen atoms in total. The van der Waals surface area contributed by atoms with Crippen molar-refractivity contribution >= 4 is 5.69 Å². The summed E-state index contributed by atoms with van der Waals surface area (Å²) < 4.78 is 5.59. The maximum absolute atomic E-state index is 8.73. The first-order chi connectivity index (χ1) is 8.79. The summed E-state index contributed by atoms with van der Waals surface area (Å²) in [5.41, 5.74) is 1.11. The molecule has 0 saturated heterocycles. The van der Waals surface area contributed by atoms with Gasteiger partial charge in [0.25, 0.3) is 0 Å². The Labute approximate surface area is 107 Å². The second-order valence-corrected chi connectivity index (χ2v) is 4.18. The van der Waals surface area contributed by atoms with Crippen LogP contribution in [-0.4, -0.2) is 6.54 Å². The Morgan fingerprint density at radius 1 is 1.17 bits per heavy atom. The van der Waals surface area contributed by atoms with Gasteiger partial charge in [0, 0.05) is 12.2 Å². The Balaban J connectivity index is 2.13. The summed E-state index contributed by atoms with van der Waals surface area (Å²) in [5, 5.41) is 8.73. The van der Waals surface area contributed by atoms with E-state index in [2.05, 4.69) is 11.0 Å². The van der Waals surface area contributed by atoms with Crippen LogP contribution < -0.4 is 4.90 Å². The van der Waals surface area contributed by atoms with Crippen molar-refractivity contribution in [2.75, 3.05) is 11.4 Å². The molecule has 2 aromatic rings. The van der Waals surface area contributed by atoms with Gasteiger partial charge in [-0.2, -0.15) is 5.26 Å². The normalized spacial score (nSPS) is 10.0. The van der Waals surface area contributed by atoms with Crippen LogP contribution in [-0.2, 0) is 6.54 Å². The highest BCUT2D eigenvalue weighted by molar-refractivity contribution is 5.46. The molecular weight excluding hydrogens is 224 g/mol. The zero-order chi connectivity index (χ0) is 12.8. The molecule has 18 heavy (non-hydrogen) atoms. The molecule has 0 fully saturated rings. The fourth-order valence-electron chi connectivity index (χ4n) is 1.88. The molecule has 1 aromatic carbocycles. The molecule has 1 heterocycles. The largest absolute Gasteiger partial charge is 0.464 e. The van der Waals surface area contributed by atoms with Gasteiger partial charge in [0.15, 0.2) is 0 Å². The number of para-hydroxylation sites is 1. The molecule has 0 radical (unpaired) electrons. The predicted octanol–water partition coefficient (Wildman–Crippen LogP) is 3.51. The quantitative estimate of drug-likeness (QED) is 0.803. The van der Waals surface area contributed by atoms with E-state index in [-0.39, 0.29) is 0 Å². The van der Waals surface area contributed by atoms with Crippen LogP contribution in [0.1, 0.15) is 17.9 Å². The third kappa shape index (κ3) is 3.14. The Hall–Kier alpha value is -2.21. The van der Waals surface area contributed by atoms with Gasteiger partial charge in [0.1, 0.15) is 11.5 Å². The van der Waals surface area contributed by atoms with Gasteiger partial charge in [-0.05, 0) is 31.2 Å². The van der Waals surface area contributed by atoms with E-state index in [1.54, 1.807) is 0 Å². The van der Waals surface area contributed by atoms with Crippen molar-refractivity contribution in [3.05, 3.63) is 54.0 Å². The number of hydrogen-bond donors (Lipinski definition) is 0. The van der Waals surface area contributed by atoms with E-state index in [1.165, 1.54) is 0 Å². The van der Waals surface area contributed by atoms with Gasteiger partial charge < -0.3 is 9.32 Å². The highest BCUT2D eigenvalue weighted by Gasteiger charge is 2.09. The number of nitrogens with zero attached hydrogens (tertiary/aromatic N) is 2. The third-order valence-corrected chi connectivity index (χ3v) is 2.76. The summed E-state index contributed by atoms with van der Waals surface area (Å²) in [6.45, 7) is 3.34. The van der Waals surface area contributed by atoms with Crippen molar-refractivity contribution in [2.24, 2.45) is 0 Å². The molecule has 1 aromatic heterocycles. The van der Waals surface area contributed by atoms with Crippen LogP contribution in [0.15, 0.2) is 46.9 Å². The lowest BCUT2D eigenvalue weighted by Gasteiger charge is -2.22. The summed E-state index contributed by atoms with van der Waals surface area (Å²) in [5.74, 6) is 1.84. The maximum atomic E-state index is 8.73. The lowest BCUT2D eigenvalue weighted by atomic mass is 10.2. The molecule has 0 saturated carbocycles. The Kier molecular flexibility index (Phi) is 4.03. The van der Waals surface area contributed by atoms with Crippen molar-refractivity contribution in [3.8, 4) is 6.07 Å². The topological polar surface area (TPSA) is 40.2 Å². The second kappa shape index (κ2) is 5.92. The van der Waals surface area contributed by atoms with Crippen LogP contribution in [0.2, 0.25) is 0 Å². The minimum atomic E-state index is 0.509. The van der Waals surface area contributed by atoms with E-state index in [9.17, 15) is 0 Å². The Morgan fingerprint density at radius 2 is 1.94 bits per heavy atom. The molecule has 0 unspecified atom stereocenters. The van der Waals surface area contributed by atoms with E-state index < -0.39 is 0 Å². The van der Waals surface area contributed by atoms with E-state index >= 15 is 0 Å². The first-order valence-electron chi connectivity index (χ1n) is 6.02. The zero-order valence-corrected chi connectivity index (χ0v) is 10.5. The molecular formula is C15H16N2O. The van der Waals surface area contributed by atoms with Crippen LogP contribution in [0.5, 0.6) is 0 Å². The van der Waals surface area contributed by atoms with Crippen molar-refractivity contribution in [1.82, 2.24) is 0 Å². The molecule has 0 aliphatic heterocycles. The molecule has 0 amide bonds.